The van der Waals surface area contributed by atoms with Crippen LogP contribution in [-0.4, -0.2) is 11.0 Å². The van der Waals surface area contributed by atoms with E-state index in [1.165, 1.54) is 18.2 Å². The average Bonchev–Trinajstić information content (AvgIpc) is 2.35. The first-order chi connectivity index (χ1) is 9.45. The van der Waals surface area contributed by atoms with Crippen molar-refractivity contribution in [3.8, 4) is 5.75 Å². The molecule has 4 N–H and O–H groups in total. The molecular formula is C14H12ClFN2O2. The summed E-state index contributed by atoms with van der Waals surface area (Å²) in [7, 11) is 0. The van der Waals surface area contributed by atoms with Gasteiger partial charge in [-0.15, -0.1) is 0 Å². The third-order valence-corrected chi connectivity index (χ3v) is 2.99. The topological polar surface area (TPSA) is 75.4 Å². The van der Waals surface area contributed by atoms with Crippen LogP contribution in [0.25, 0.3) is 0 Å². The molecule has 4 nitrogen and oxygen atoms in total. The summed E-state index contributed by atoms with van der Waals surface area (Å²) in [5.41, 5.74) is 6.62. The van der Waals surface area contributed by atoms with E-state index in [-0.39, 0.29) is 16.3 Å². The van der Waals surface area contributed by atoms with Gasteiger partial charge in [0.1, 0.15) is 11.6 Å². The van der Waals surface area contributed by atoms with Gasteiger partial charge in [0, 0.05) is 18.3 Å². The lowest BCUT2D eigenvalue weighted by molar-refractivity contribution is 0.100. The molecule has 0 fully saturated rings. The van der Waals surface area contributed by atoms with Gasteiger partial charge in [0.2, 0.25) is 5.91 Å². The lowest BCUT2D eigenvalue weighted by Gasteiger charge is -2.09. The molecule has 2 aromatic rings. The van der Waals surface area contributed by atoms with E-state index in [0.717, 1.165) is 6.07 Å². The number of rotatable bonds is 4. The van der Waals surface area contributed by atoms with E-state index < -0.39 is 11.7 Å². The fourth-order valence-corrected chi connectivity index (χ4v) is 2.04. The Morgan fingerprint density at radius 3 is 2.65 bits per heavy atom. The Balaban J connectivity index is 2.11. The van der Waals surface area contributed by atoms with E-state index in [2.05, 4.69) is 5.32 Å². The molecule has 0 radical (unpaired) electrons. The number of benzene rings is 2. The number of primary amides is 1. The van der Waals surface area contributed by atoms with E-state index in [4.69, 9.17) is 17.3 Å². The number of hydrogen-bond acceptors (Lipinski definition) is 3. The number of carbonyl (C=O) groups excluding carboxylic acids is 1. The number of phenolic OH excluding ortho intramolecular Hbond substituents is 1. The number of anilines is 1. The van der Waals surface area contributed by atoms with Crippen LogP contribution >= 0.6 is 11.6 Å². The van der Waals surface area contributed by atoms with Crippen molar-refractivity contribution in [3.63, 3.8) is 0 Å². The van der Waals surface area contributed by atoms with E-state index >= 15 is 0 Å². The van der Waals surface area contributed by atoms with Gasteiger partial charge in [0.25, 0.3) is 0 Å². The SMILES string of the molecule is NC(=O)c1ccc(NCc2cc(O)cc(F)c2)cc1Cl. The highest BCUT2D eigenvalue weighted by molar-refractivity contribution is 6.34. The standard InChI is InChI=1S/C14H12ClFN2O2/c15-13-6-10(1-2-12(13)14(17)20)18-7-8-3-9(16)5-11(19)4-8/h1-6,18-19H,7H2,(H2,17,20). The second-order valence-corrected chi connectivity index (χ2v) is 4.64. The average molecular weight is 295 g/mol. The quantitative estimate of drug-likeness (QED) is 0.811. The normalized spacial score (nSPS) is 10.3. The first-order valence-corrected chi connectivity index (χ1v) is 6.15. The molecule has 0 unspecified atom stereocenters. The Hall–Kier alpha value is -2.27. The van der Waals surface area contributed by atoms with E-state index in [9.17, 15) is 14.3 Å². The summed E-state index contributed by atoms with van der Waals surface area (Å²) in [6, 6.07) is 8.51. The zero-order valence-electron chi connectivity index (χ0n) is 10.4. The molecule has 0 spiro atoms. The van der Waals surface area contributed by atoms with Gasteiger partial charge in [-0.1, -0.05) is 11.6 Å². The second kappa shape index (κ2) is 5.79. The minimum atomic E-state index is -0.600. The van der Waals surface area contributed by atoms with Crippen LogP contribution in [-0.2, 0) is 6.54 Å². The molecule has 0 bridgehead atoms. The Labute approximate surface area is 120 Å². The fraction of sp³-hybridized carbons (Fsp3) is 0.0714. The first-order valence-electron chi connectivity index (χ1n) is 5.77. The van der Waals surface area contributed by atoms with Crippen molar-refractivity contribution < 1.29 is 14.3 Å². The van der Waals surface area contributed by atoms with Gasteiger partial charge < -0.3 is 16.2 Å². The first kappa shape index (κ1) is 14.1. The lowest BCUT2D eigenvalue weighted by atomic mass is 10.1. The minimum Gasteiger partial charge on any atom is -0.508 e. The van der Waals surface area contributed by atoms with Crippen LogP contribution in [0, 0.1) is 5.82 Å². The van der Waals surface area contributed by atoms with Crippen LogP contribution in [0.4, 0.5) is 10.1 Å². The number of carbonyl (C=O) groups is 1. The molecule has 0 atom stereocenters. The molecule has 20 heavy (non-hydrogen) atoms. The summed E-state index contributed by atoms with van der Waals surface area (Å²) in [4.78, 5) is 11.0. The van der Waals surface area contributed by atoms with Crippen LogP contribution in [0.5, 0.6) is 5.75 Å². The number of nitrogens with one attached hydrogen (secondary N) is 1. The van der Waals surface area contributed by atoms with Crippen molar-refractivity contribution in [3.05, 3.63) is 58.4 Å². The summed E-state index contributed by atoms with van der Waals surface area (Å²) in [6.07, 6.45) is 0. The van der Waals surface area contributed by atoms with Crippen LogP contribution in [0.2, 0.25) is 5.02 Å². The Bertz CT molecular complexity index is 641. The van der Waals surface area contributed by atoms with Crippen molar-refractivity contribution in [1.82, 2.24) is 0 Å². The van der Waals surface area contributed by atoms with Gasteiger partial charge in [-0.3, -0.25) is 4.79 Å². The maximum Gasteiger partial charge on any atom is 0.250 e. The lowest BCUT2D eigenvalue weighted by Crippen LogP contribution is -2.11. The molecule has 1 amide bonds. The van der Waals surface area contributed by atoms with Gasteiger partial charge in [0.05, 0.1) is 10.6 Å². The number of hydrogen-bond donors (Lipinski definition) is 3. The highest BCUT2D eigenvalue weighted by atomic mass is 35.5. The summed E-state index contributed by atoms with van der Waals surface area (Å²) in [5, 5.41) is 12.5. The van der Waals surface area contributed by atoms with Crippen LogP contribution in [0.1, 0.15) is 15.9 Å². The molecular weight excluding hydrogens is 283 g/mol. The maximum absolute atomic E-state index is 13.1. The summed E-state index contributed by atoms with van der Waals surface area (Å²) < 4.78 is 13.1. The van der Waals surface area contributed by atoms with Crippen molar-refractivity contribution in [1.29, 1.82) is 0 Å². The number of amides is 1. The molecule has 104 valence electrons. The molecule has 0 heterocycles. The predicted octanol–water partition coefficient (Wildman–Crippen LogP) is 2.90. The summed E-state index contributed by atoms with van der Waals surface area (Å²) in [5.74, 6) is -1.25. The smallest absolute Gasteiger partial charge is 0.250 e. The number of phenols is 1. The summed E-state index contributed by atoms with van der Waals surface area (Å²) in [6.45, 7) is 0.303. The Morgan fingerprint density at radius 1 is 1.30 bits per heavy atom. The van der Waals surface area contributed by atoms with Crippen LogP contribution in [0.3, 0.4) is 0 Å². The maximum atomic E-state index is 13.1. The second-order valence-electron chi connectivity index (χ2n) is 4.23. The Morgan fingerprint density at radius 2 is 2.05 bits per heavy atom. The van der Waals surface area contributed by atoms with Crippen LogP contribution < -0.4 is 11.1 Å². The molecule has 0 saturated heterocycles. The van der Waals surface area contributed by atoms with E-state index in [1.54, 1.807) is 12.1 Å². The predicted molar refractivity (Wildman–Crippen MR) is 75.4 cm³/mol. The fourth-order valence-electron chi connectivity index (χ4n) is 1.76. The van der Waals surface area contributed by atoms with Crippen molar-refractivity contribution in [2.75, 3.05) is 5.32 Å². The van der Waals surface area contributed by atoms with Crippen molar-refractivity contribution >= 4 is 23.2 Å². The van der Waals surface area contributed by atoms with E-state index in [1.807, 2.05) is 0 Å². The highest BCUT2D eigenvalue weighted by Crippen LogP contribution is 2.22. The molecule has 0 aliphatic heterocycles. The molecule has 6 heteroatoms. The molecule has 0 aliphatic rings. The van der Waals surface area contributed by atoms with Gasteiger partial charge in [-0.2, -0.15) is 0 Å². The highest BCUT2D eigenvalue weighted by Gasteiger charge is 2.07. The largest absolute Gasteiger partial charge is 0.508 e. The third-order valence-electron chi connectivity index (χ3n) is 2.67. The van der Waals surface area contributed by atoms with Gasteiger partial charge in [-0.25, -0.2) is 4.39 Å². The van der Waals surface area contributed by atoms with Gasteiger partial charge in [0.15, 0.2) is 0 Å². The van der Waals surface area contributed by atoms with Crippen LogP contribution in [0.15, 0.2) is 36.4 Å². The van der Waals surface area contributed by atoms with Crippen molar-refractivity contribution in [2.45, 2.75) is 6.54 Å². The zero-order valence-corrected chi connectivity index (χ0v) is 11.1. The Kier molecular flexibility index (Phi) is 4.10. The van der Waals surface area contributed by atoms with Crippen molar-refractivity contribution in [2.24, 2.45) is 5.73 Å². The number of aromatic hydroxyl groups is 1. The molecule has 2 rings (SSSR count). The molecule has 0 aromatic heterocycles. The monoisotopic (exact) mass is 294 g/mol. The summed E-state index contributed by atoms with van der Waals surface area (Å²) >= 11 is 5.92. The number of halogens is 2. The zero-order chi connectivity index (χ0) is 14.7. The van der Waals surface area contributed by atoms with E-state index in [0.29, 0.717) is 17.8 Å². The molecule has 0 saturated carbocycles. The molecule has 0 aliphatic carbocycles. The van der Waals surface area contributed by atoms with Gasteiger partial charge in [-0.05, 0) is 35.9 Å². The molecule has 2 aromatic carbocycles. The third kappa shape index (κ3) is 3.39. The van der Waals surface area contributed by atoms with Gasteiger partial charge >= 0.3 is 0 Å². The number of nitrogens with two attached hydrogens (primary N) is 1. The minimum absolute atomic E-state index is 0.135.